The molecule has 33 heavy (non-hydrogen) atoms. The number of piperazine rings is 1. The Bertz CT molecular complexity index is 1100. The van der Waals surface area contributed by atoms with Crippen LogP contribution in [0.15, 0.2) is 42.5 Å². The summed E-state index contributed by atoms with van der Waals surface area (Å²) in [4.78, 5) is 17.7. The minimum atomic E-state index is -3.48. The van der Waals surface area contributed by atoms with Crippen LogP contribution in [0.2, 0.25) is 0 Å². The number of hydrogen-bond acceptors (Lipinski definition) is 5. The van der Waals surface area contributed by atoms with E-state index in [1.165, 1.54) is 22.0 Å². The molecular weight excluding hydrogens is 443 g/mol. The lowest BCUT2D eigenvalue weighted by Crippen LogP contribution is -2.48. The summed E-state index contributed by atoms with van der Waals surface area (Å²) in [6.45, 7) is 6.23. The van der Waals surface area contributed by atoms with Crippen molar-refractivity contribution < 1.29 is 17.6 Å². The Hall–Kier alpha value is -2.49. The van der Waals surface area contributed by atoms with E-state index in [0.29, 0.717) is 13.1 Å². The summed E-state index contributed by atoms with van der Waals surface area (Å²) in [6.07, 6.45) is 0.799. The molecule has 178 valence electrons. The van der Waals surface area contributed by atoms with Crippen molar-refractivity contribution in [1.29, 1.82) is 0 Å². The van der Waals surface area contributed by atoms with Crippen molar-refractivity contribution in [2.45, 2.75) is 26.4 Å². The molecule has 7 nitrogen and oxygen atoms in total. The highest BCUT2D eigenvalue weighted by Gasteiger charge is 2.26. The molecule has 1 fully saturated rings. The van der Waals surface area contributed by atoms with Crippen molar-refractivity contribution in [2.75, 3.05) is 50.5 Å². The number of carbonyl (C=O) groups excluding carboxylic acids is 1. The zero-order valence-electron chi connectivity index (χ0n) is 19.2. The van der Waals surface area contributed by atoms with Crippen LogP contribution in [-0.4, -0.2) is 74.1 Å². The number of nitrogens with zero attached hydrogens (tertiary/aromatic N) is 4. The first-order chi connectivity index (χ1) is 15.7. The van der Waals surface area contributed by atoms with Crippen LogP contribution in [0.25, 0.3) is 0 Å². The summed E-state index contributed by atoms with van der Waals surface area (Å²) in [5.74, 6) is -0.255. The van der Waals surface area contributed by atoms with Crippen LogP contribution >= 0.6 is 0 Å². The zero-order valence-corrected chi connectivity index (χ0v) is 20.0. The average Bonchev–Trinajstić information content (AvgIpc) is 2.80. The van der Waals surface area contributed by atoms with E-state index in [-0.39, 0.29) is 24.1 Å². The Kier molecular flexibility index (Phi) is 7.02. The molecule has 2 aromatic rings. The quantitative estimate of drug-likeness (QED) is 0.643. The lowest BCUT2D eigenvalue weighted by molar-refractivity contribution is -0.129. The molecule has 0 unspecified atom stereocenters. The van der Waals surface area contributed by atoms with Gasteiger partial charge in [-0.1, -0.05) is 18.2 Å². The van der Waals surface area contributed by atoms with Gasteiger partial charge in [-0.15, -0.1) is 0 Å². The summed E-state index contributed by atoms with van der Waals surface area (Å²) < 4.78 is 40.2. The number of hydrogen-bond donors (Lipinski definition) is 0. The van der Waals surface area contributed by atoms with Crippen LogP contribution in [0.5, 0.6) is 0 Å². The van der Waals surface area contributed by atoms with Gasteiger partial charge in [0.05, 0.1) is 0 Å². The van der Waals surface area contributed by atoms with Crippen molar-refractivity contribution in [3.05, 3.63) is 65.0 Å². The molecule has 2 aromatic carbocycles. The lowest BCUT2D eigenvalue weighted by atomic mass is 9.99. The molecule has 1 amide bonds. The van der Waals surface area contributed by atoms with Crippen LogP contribution in [0.1, 0.15) is 23.6 Å². The smallest absolute Gasteiger partial charge is 0.227 e. The minimum Gasteiger partial charge on any atom is -0.368 e. The maximum absolute atomic E-state index is 13.1. The summed E-state index contributed by atoms with van der Waals surface area (Å²) in [6, 6.07) is 12.3. The topological polar surface area (TPSA) is 64.2 Å². The molecule has 0 spiro atoms. The fourth-order valence-corrected chi connectivity index (χ4v) is 5.68. The van der Waals surface area contributed by atoms with E-state index in [9.17, 15) is 17.6 Å². The van der Waals surface area contributed by atoms with Gasteiger partial charge >= 0.3 is 0 Å². The molecule has 0 bridgehead atoms. The monoisotopic (exact) mass is 474 g/mol. The number of halogens is 1. The van der Waals surface area contributed by atoms with E-state index in [1.54, 1.807) is 26.1 Å². The van der Waals surface area contributed by atoms with E-state index in [4.69, 9.17) is 0 Å². The van der Waals surface area contributed by atoms with E-state index >= 15 is 0 Å². The largest absolute Gasteiger partial charge is 0.368 e. The number of benzene rings is 2. The van der Waals surface area contributed by atoms with E-state index in [1.807, 2.05) is 9.80 Å². The molecule has 2 aliphatic heterocycles. The highest BCUT2D eigenvalue weighted by atomic mass is 32.2. The van der Waals surface area contributed by atoms with Crippen molar-refractivity contribution in [1.82, 2.24) is 14.1 Å². The molecule has 9 heteroatoms. The molecule has 2 heterocycles. The van der Waals surface area contributed by atoms with Gasteiger partial charge in [-0.25, -0.2) is 12.8 Å². The van der Waals surface area contributed by atoms with Crippen LogP contribution in [0.4, 0.5) is 10.1 Å². The molecule has 1 saturated heterocycles. The first kappa shape index (κ1) is 23.7. The second-order valence-electron chi connectivity index (χ2n) is 8.87. The Balaban J connectivity index is 1.35. The molecule has 0 saturated carbocycles. The van der Waals surface area contributed by atoms with Crippen molar-refractivity contribution in [3.8, 4) is 0 Å². The Morgan fingerprint density at radius 1 is 1.00 bits per heavy atom. The molecular formula is C24H31FN4O3S. The molecule has 0 N–H and O–H groups in total. The highest BCUT2D eigenvalue weighted by molar-refractivity contribution is 7.88. The second kappa shape index (κ2) is 9.79. The summed E-state index contributed by atoms with van der Waals surface area (Å²) >= 11 is 0. The first-order valence-electron chi connectivity index (χ1n) is 11.2. The zero-order chi connectivity index (χ0) is 23.6. The first-order valence-corrected chi connectivity index (χ1v) is 12.9. The van der Waals surface area contributed by atoms with Gasteiger partial charge in [0.15, 0.2) is 0 Å². The predicted octanol–water partition coefficient (Wildman–Crippen LogP) is 2.27. The third-order valence-corrected chi connectivity index (χ3v) is 8.28. The van der Waals surface area contributed by atoms with Crippen molar-refractivity contribution >= 4 is 21.6 Å². The summed E-state index contributed by atoms with van der Waals surface area (Å²) in [7, 11) is -1.92. The molecule has 0 radical (unpaired) electrons. The predicted molar refractivity (Wildman–Crippen MR) is 127 cm³/mol. The fraction of sp³-hybridized carbons (Fsp3) is 0.458. The van der Waals surface area contributed by atoms with Crippen LogP contribution in [-0.2, 0) is 34.3 Å². The number of carbonyl (C=O) groups is 1. The number of sulfonamides is 1. The lowest BCUT2D eigenvalue weighted by Gasteiger charge is -2.36. The van der Waals surface area contributed by atoms with Gasteiger partial charge in [-0.05, 0) is 47.4 Å². The Morgan fingerprint density at radius 3 is 2.36 bits per heavy atom. The summed E-state index contributed by atoms with van der Waals surface area (Å²) in [5, 5.41) is 0. The number of amides is 1. The van der Waals surface area contributed by atoms with Crippen molar-refractivity contribution in [2.24, 2.45) is 0 Å². The standard InChI is InChI=1S/C24H31FN4O3S/c1-19(30)28-11-13-29(14-12-28)24-8-5-22-17-27(10-9-21(22)15-24)18-33(31,32)26(2)16-20-3-6-23(25)7-4-20/h3-8,15H,9-14,16-18H2,1-2H3. The molecule has 2 aliphatic rings. The van der Waals surface area contributed by atoms with Gasteiger partial charge in [-0.3, -0.25) is 9.69 Å². The molecule has 0 atom stereocenters. The third kappa shape index (κ3) is 5.72. The van der Waals surface area contributed by atoms with E-state index in [0.717, 1.165) is 49.4 Å². The fourth-order valence-electron chi connectivity index (χ4n) is 4.46. The third-order valence-electron chi connectivity index (χ3n) is 6.51. The molecule has 0 aromatic heterocycles. The number of rotatable bonds is 6. The number of anilines is 1. The van der Waals surface area contributed by atoms with Gasteiger partial charge in [0, 0.05) is 65.5 Å². The highest BCUT2D eigenvalue weighted by Crippen LogP contribution is 2.26. The van der Waals surface area contributed by atoms with Crippen LogP contribution in [0.3, 0.4) is 0 Å². The van der Waals surface area contributed by atoms with Crippen molar-refractivity contribution in [3.63, 3.8) is 0 Å². The molecule has 0 aliphatic carbocycles. The molecule has 4 rings (SSSR count). The van der Waals surface area contributed by atoms with Gasteiger partial charge in [-0.2, -0.15) is 4.31 Å². The van der Waals surface area contributed by atoms with E-state index in [2.05, 4.69) is 23.1 Å². The van der Waals surface area contributed by atoms with Crippen LogP contribution < -0.4 is 4.90 Å². The van der Waals surface area contributed by atoms with Gasteiger partial charge in [0.1, 0.15) is 11.7 Å². The average molecular weight is 475 g/mol. The summed E-state index contributed by atoms with van der Waals surface area (Å²) in [5.41, 5.74) is 4.33. The van der Waals surface area contributed by atoms with Gasteiger partial charge in [0.25, 0.3) is 0 Å². The number of fused-ring (bicyclic) bond motifs is 1. The van der Waals surface area contributed by atoms with Gasteiger partial charge in [0.2, 0.25) is 15.9 Å². The SMILES string of the molecule is CC(=O)N1CCN(c2ccc3c(c2)CCN(CS(=O)(=O)N(C)Cc2ccc(F)cc2)C3)CC1. The Morgan fingerprint density at radius 2 is 1.70 bits per heavy atom. The van der Waals surface area contributed by atoms with E-state index < -0.39 is 10.0 Å². The van der Waals surface area contributed by atoms with Crippen LogP contribution in [0, 0.1) is 5.82 Å². The van der Waals surface area contributed by atoms with Gasteiger partial charge < -0.3 is 9.80 Å². The maximum Gasteiger partial charge on any atom is 0.227 e. The maximum atomic E-state index is 13.1. The normalized spacial score (nSPS) is 17.3. The minimum absolute atomic E-state index is 0.0428. The Labute approximate surface area is 195 Å². The second-order valence-corrected chi connectivity index (χ2v) is 10.9.